The first-order valence-electron chi connectivity index (χ1n) is 4.38. The maximum absolute atomic E-state index is 11.2. The number of H-pyrrole nitrogens is 1. The quantitative estimate of drug-likeness (QED) is 0.435. The molecule has 0 atom stereocenters. The van der Waals surface area contributed by atoms with E-state index in [1.807, 2.05) is 0 Å². The minimum atomic E-state index is -0.606. The highest BCUT2D eigenvalue weighted by molar-refractivity contribution is 7.71. The molecule has 0 spiro atoms. The van der Waals surface area contributed by atoms with E-state index in [0.717, 1.165) is 0 Å². The Hall–Kier alpha value is -2.08. The first kappa shape index (κ1) is 10.4. The van der Waals surface area contributed by atoms with Crippen molar-refractivity contribution in [1.29, 1.82) is 0 Å². The fourth-order valence-electron chi connectivity index (χ4n) is 1.27. The molecule has 0 aliphatic heterocycles. The summed E-state index contributed by atoms with van der Waals surface area (Å²) in [6.07, 6.45) is 5.26. The minimum Gasteiger partial charge on any atom is -0.299 e. The van der Waals surface area contributed by atoms with Crippen LogP contribution in [0.25, 0.3) is 5.70 Å². The van der Waals surface area contributed by atoms with Crippen LogP contribution in [0.15, 0.2) is 35.3 Å². The Kier molecular flexibility index (Phi) is 2.49. The molecule has 0 aromatic carbocycles. The number of rotatable bonds is 1. The minimum absolute atomic E-state index is 0.172. The summed E-state index contributed by atoms with van der Waals surface area (Å²) in [5.74, 6) is -1.18. The molecule has 16 heavy (non-hydrogen) atoms. The molecule has 1 N–H and O–H groups in total. The van der Waals surface area contributed by atoms with Crippen LogP contribution in [0.4, 0.5) is 0 Å². The van der Waals surface area contributed by atoms with Crippen LogP contribution < -0.4 is 5.56 Å². The van der Waals surface area contributed by atoms with E-state index >= 15 is 0 Å². The van der Waals surface area contributed by atoms with Gasteiger partial charge in [0.05, 0.1) is 5.70 Å². The Labute approximate surface area is 94.7 Å². The summed E-state index contributed by atoms with van der Waals surface area (Å²) in [4.78, 5) is 35.5. The molecule has 1 aromatic rings. The van der Waals surface area contributed by atoms with Crippen LogP contribution in [0, 0.1) is 4.77 Å². The van der Waals surface area contributed by atoms with Crippen molar-refractivity contribution in [3.05, 3.63) is 45.6 Å². The molecule has 0 saturated carbocycles. The zero-order valence-electron chi connectivity index (χ0n) is 7.97. The summed E-state index contributed by atoms with van der Waals surface area (Å²) in [5, 5.41) is 0. The normalized spacial score (nSPS) is 15.1. The van der Waals surface area contributed by atoms with E-state index in [1.54, 1.807) is 0 Å². The molecule has 0 unspecified atom stereocenters. The largest absolute Gasteiger partial charge is 0.299 e. The van der Waals surface area contributed by atoms with Gasteiger partial charge in [0.15, 0.2) is 4.77 Å². The first-order chi connectivity index (χ1) is 7.58. The Morgan fingerprint density at radius 1 is 1.12 bits per heavy atom. The highest BCUT2D eigenvalue weighted by Crippen LogP contribution is 2.10. The van der Waals surface area contributed by atoms with Crippen molar-refractivity contribution >= 4 is 29.5 Å². The molecule has 1 aliphatic rings. The maximum Gasteiger partial charge on any atom is 0.251 e. The molecule has 1 aromatic heterocycles. The van der Waals surface area contributed by atoms with Crippen molar-refractivity contribution in [2.45, 2.75) is 0 Å². The van der Waals surface area contributed by atoms with Gasteiger partial charge in [0.1, 0.15) is 0 Å². The van der Waals surface area contributed by atoms with Crippen LogP contribution in [0.2, 0.25) is 0 Å². The van der Waals surface area contributed by atoms with Crippen LogP contribution in [0.5, 0.6) is 0 Å². The second kappa shape index (κ2) is 3.82. The monoisotopic (exact) mass is 234 g/mol. The zero-order chi connectivity index (χ0) is 11.7. The van der Waals surface area contributed by atoms with Gasteiger partial charge in [-0.3, -0.25) is 23.9 Å². The van der Waals surface area contributed by atoms with E-state index in [-0.39, 0.29) is 10.3 Å². The molecule has 2 rings (SSSR count). The van der Waals surface area contributed by atoms with Crippen LogP contribution in [-0.4, -0.2) is 21.1 Å². The SMILES string of the molecule is O=C1C=CC(n2ccc(=O)[nH]c2=S)=CC1=O. The number of nitrogens with one attached hydrogen (secondary N) is 1. The molecule has 0 amide bonds. The number of hydrogen-bond acceptors (Lipinski definition) is 4. The maximum atomic E-state index is 11.2. The molecule has 0 radical (unpaired) electrons. The van der Waals surface area contributed by atoms with E-state index in [1.165, 1.54) is 35.1 Å². The fraction of sp³-hybridized carbons (Fsp3) is 0. The highest BCUT2D eigenvalue weighted by atomic mass is 32.1. The number of allylic oxidation sites excluding steroid dienone is 4. The lowest BCUT2D eigenvalue weighted by molar-refractivity contribution is -0.131. The van der Waals surface area contributed by atoms with Crippen molar-refractivity contribution in [3.8, 4) is 0 Å². The van der Waals surface area contributed by atoms with Gasteiger partial charge >= 0.3 is 0 Å². The van der Waals surface area contributed by atoms with Gasteiger partial charge in [0.2, 0.25) is 11.6 Å². The number of carbonyl (C=O) groups is 2. The highest BCUT2D eigenvalue weighted by Gasteiger charge is 2.14. The summed E-state index contributed by atoms with van der Waals surface area (Å²) in [5.41, 5.74) is 0.134. The Morgan fingerprint density at radius 3 is 2.50 bits per heavy atom. The van der Waals surface area contributed by atoms with Crippen LogP contribution in [0.3, 0.4) is 0 Å². The third-order valence-corrected chi connectivity index (χ3v) is 2.33. The van der Waals surface area contributed by atoms with E-state index in [9.17, 15) is 14.4 Å². The van der Waals surface area contributed by atoms with Crippen molar-refractivity contribution in [1.82, 2.24) is 9.55 Å². The van der Waals surface area contributed by atoms with E-state index in [0.29, 0.717) is 5.70 Å². The molecule has 0 fully saturated rings. The van der Waals surface area contributed by atoms with Gasteiger partial charge in [-0.25, -0.2) is 0 Å². The molecule has 0 bridgehead atoms. The number of ketones is 2. The van der Waals surface area contributed by atoms with Gasteiger partial charge in [-0.15, -0.1) is 0 Å². The molecule has 1 aliphatic carbocycles. The summed E-state index contributed by atoms with van der Waals surface area (Å²) in [6, 6.07) is 1.28. The lowest BCUT2D eigenvalue weighted by Gasteiger charge is -2.08. The Morgan fingerprint density at radius 2 is 1.88 bits per heavy atom. The summed E-state index contributed by atoms with van der Waals surface area (Å²) >= 11 is 4.92. The molecular formula is C10H6N2O3S. The molecule has 0 saturated heterocycles. The molecule has 5 nitrogen and oxygen atoms in total. The van der Waals surface area contributed by atoms with E-state index < -0.39 is 11.6 Å². The summed E-state index contributed by atoms with van der Waals surface area (Å²) < 4.78 is 1.61. The fourth-order valence-corrected chi connectivity index (χ4v) is 1.53. The van der Waals surface area contributed by atoms with Crippen LogP contribution in [-0.2, 0) is 9.59 Å². The van der Waals surface area contributed by atoms with Gasteiger partial charge in [0, 0.05) is 18.3 Å². The van der Waals surface area contributed by atoms with E-state index in [4.69, 9.17) is 12.2 Å². The second-order valence-electron chi connectivity index (χ2n) is 3.11. The molecule has 80 valence electrons. The molecule has 1 heterocycles. The summed E-state index contributed by atoms with van der Waals surface area (Å²) in [6.45, 7) is 0. The van der Waals surface area contributed by atoms with Gasteiger partial charge in [0.25, 0.3) is 5.56 Å². The van der Waals surface area contributed by atoms with Gasteiger partial charge < -0.3 is 0 Å². The Bertz CT molecular complexity index is 649. The Balaban J connectivity index is 2.55. The van der Waals surface area contributed by atoms with Crippen molar-refractivity contribution in [2.24, 2.45) is 0 Å². The first-order valence-corrected chi connectivity index (χ1v) is 4.79. The van der Waals surface area contributed by atoms with Crippen molar-refractivity contribution in [2.75, 3.05) is 0 Å². The predicted octanol–water partition coefficient (Wildman–Crippen LogP) is 0.455. The zero-order valence-corrected chi connectivity index (χ0v) is 8.78. The number of nitrogens with zero attached hydrogens (tertiary/aromatic N) is 1. The average molecular weight is 234 g/mol. The second-order valence-corrected chi connectivity index (χ2v) is 3.50. The van der Waals surface area contributed by atoms with E-state index in [2.05, 4.69) is 4.98 Å². The van der Waals surface area contributed by atoms with Gasteiger partial charge in [-0.1, -0.05) is 0 Å². The van der Waals surface area contributed by atoms with Crippen molar-refractivity contribution < 1.29 is 9.59 Å². The average Bonchev–Trinajstić information content (AvgIpc) is 2.22. The standard InChI is InChI=1S/C10H6N2O3S/c13-7-2-1-6(5-8(7)14)12-4-3-9(15)11-10(12)16/h1-5H,(H,11,15,16). The lowest BCUT2D eigenvalue weighted by atomic mass is 10.1. The molecule has 6 heteroatoms. The predicted molar refractivity (Wildman–Crippen MR) is 59.3 cm³/mol. The third kappa shape index (κ3) is 1.82. The number of aromatic nitrogens is 2. The number of hydrogen-bond donors (Lipinski definition) is 1. The van der Waals surface area contributed by atoms with Crippen LogP contribution >= 0.6 is 12.2 Å². The lowest BCUT2D eigenvalue weighted by Crippen LogP contribution is -2.16. The van der Waals surface area contributed by atoms with Gasteiger partial charge in [-0.2, -0.15) is 0 Å². The van der Waals surface area contributed by atoms with Crippen molar-refractivity contribution in [3.63, 3.8) is 0 Å². The van der Waals surface area contributed by atoms with Crippen LogP contribution in [0.1, 0.15) is 0 Å². The van der Waals surface area contributed by atoms with Gasteiger partial charge in [-0.05, 0) is 24.4 Å². The summed E-state index contributed by atoms with van der Waals surface area (Å²) in [7, 11) is 0. The third-order valence-electron chi connectivity index (χ3n) is 2.03. The molecular weight excluding hydrogens is 228 g/mol. The smallest absolute Gasteiger partial charge is 0.251 e. The number of carbonyl (C=O) groups excluding carboxylic acids is 2. The topological polar surface area (TPSA) is 71.9 Å². The number of aromatic amines is 1.